The summed E-state index contributed by atoms with van der Waals surface area (Å²) in [6.07, 6.45) is 2.69. The fourth-order valence-corrected chi connectivity index (χ4v) is 1.88. The van der Waals surface area contributed by atoms with E-state index in [-0.39, 0.29) is 0 Å². The minimum absolute atomic E-state index is 0.707. The molecule has 1 aromatic rings. The van der Waals surface area contributed by atoms with Crippen LogP contribution in [0.3, 0.4) is 0 Å². The summed E-state index contributed by atoms with van der Waals surface area (Å²) in [7, 11) is 2.10. The van der Waals surface area contributed by atoms with Gasteiger partial charge in [-0.1, -0.05) is 0 Å². The number of likely N-dealkylation sites (N-methyl/N-ethyl adjacent to an activating group) is 1. The van der Waals surface area contributed by atoms with E-state index in [0.29, 0.717) is 5.56 Å². The molecule has 0 saturated carbocycles. The molecule has 0 spiro atoms. The summed E-state index contributed by atoms with van der Waals surface area (Å²) in [5, 5.41) is 8.88. The van der Waals surface area contributed by atoms with E-state index in [2.05, 4.69) is 23.0 Å². The Kier molecular flexibility index (Phi) is 2.22. The summed E-state index contributed by atoms with van der Waals surface area (Å²) in [6.45, 7) is 3.99. The fourth-order valence-electron chi connectivity index (χ4n) is 1.88. The van der Waals surface area contributed by atoms with Crippen LogP contribution in [0, 0.1) is 18.3 Å². The highest BCUT2D eigenvalue weighted by Crippen LogP contribution is 2.21. The minimum Gasteiger partial charge on any atom is -0.302 e. The molecule has 1 aliphatic heterocycles. The van der Waals surface area contributed by atoms with E-state index in [4.69, 9.17) is 5.26 Å². The molecule has 0 unspecified atom stereocenters. The van der Waals surface area contributed by atoms with Crippen LogP contribution in [0.4, 0.5) is 0 Å². The van der Waals surface area contributed by atoms with Crippen molar-refractivity contribution in [2.45, 2.75) is 19.9 Å². The highest BCUT2D eigenvalue weighted by Gasteiger charge is 2.17. The molecule has 3 heteroatoms. The van der Waals surface area contributed by atoms with Crippen molar-refractivity contribution in [3.8, 4) is 6.07 Å². The lowest BCUT2D eigenvalue weighted by molar-refractivity contribution is 0.309. The van der Waals surface area contributed by atoms with Crippen molar-refractivity contribution >= 4 is 0 Å². The van der Waals surface area contributed by atoms with E-state index in [1.54, 1.807) is 6.20 Å². The van der Waals surface area contributed by atoms with Gasteiger partial charge in [0.1, 0.15) is 6.07 Å². The van der Waals surface area contributed by atoms with Gasteiger partial charge >= 0.3 is 0 Å². The number of rotatable bonds is 0. The first-order valence-corrected chi connectivity index (χ1v) is 4.78. The van der Waals surface area contributed by atoms with Crippen molar-refractivity contribution in [2.24, 2.45) is 0 Å². The molecule has 1 aromatic heterocycles. The molecule has 0 radical (unpaired) electrons. The quantitative estimate of drug-likeness (QED) is 0.613. The first kappa shape index (κ1) is 9.17. The largest absolute Gasteiger partial charge is 0.302 e. The second kappa shape index (κ2) is 3.39. The van der Waals surface area contributed by atoms with E-state index < -0.39 is 0 Å². The Morgan fingerprint density at radius 1 is 1.57 bits per heavy atom. The molecule has 72 valence electrons. The molecule has 0 N–H and O–H groups in total. The smallest absolute Gasteiger partial charge is 0.101 e. The third-order valence-corrected chi connectivity index (χ3v) is 2.83. The summed E-state index contributed by atoms with van der Waals surface area (Å²) in [5.74, 6) is 0. The maximum atomic E-state index is 8.88. The van der Waals surface area contributed by atoms with Gasteiger partial charge < -0.3 is 4.90 Å². The zero-order valence-corrected chi connectivity index (χ0v) is 8.54. The van der Waals surface area contributed by atoms with Crippen molar-refractivity contribution in [3.63, 3.8) is 0 Å². The maximum Gasteiger partial charge on any atom is 0.101 e. The number of hydrogen-bond acceptors (Lipinski definition) is 3. The van der Waals surface area contributed by atoms with Gasteiger partial charge in [-0.2, -0.15) is 5.26 Å². The topological polar surface area (TPSA) is 39.9 Å². The van der Waals surface area contributed by atoms with Crippen LogP contribution in [0.25, 0.3) is 0 Å². The maximum absolute atomic E-state index is 8.88. The molecular weight excluding hydrogens is 174 g/mol. The summed E-state index contributed by atoms with van der Waals surface area (Å²) in [4.78, 5) is 6.60. The fraction of sp³-hybridized carbons (Fsp3) is 0.455. The van der Waals surface area contributed by atoms with E-state index in [1.807, 2.05) is 6.92 Å². The van der Waals surface area contributed by atoms with Crippen LogP contribution < -0.4 is 0 Å². The summed E-state index contributed by atoms with van der Waals surface area (Å²) < 4.78 is 0. The Morgan fingerprint density at radius 3 is 3.07 bits per heavy atom. The zero-order valence-electron chi connectivity index (χ0n) is 8.54. The average molecular weight is 187 g/mol. The number of nitriles is 1. The van der Waals surface area contributed by atoms with Crippen LogP contribution in [-0.4, -0.2) is 23.5 Å². The lowest BCUT2D eigenvalue weighted by Gasteiger charge is -2.25. The number of aromatic nitrogens is 1. The third kappa shape index (κ3) is 1.38. The predicted octanol–water partition coefficient (Wildman–Crippen LogP) is 1.25. The van der Waals surface area contributed by atoms with Crippen molar-refractivity contribution in [3.05, 3.63) is 28.6 Å². The molecule has 3 nitrogen and oxygen atoms in total. The Bertz CT molecular complexity index is 404. The molecule has 0 aromatic carbocycles. The van der Waals surface area contributed by atoms with Crippen LogP contribution in [0.15, 0.2) is 6.20 Å². The molecule has 14 heavy (non-hydrogen) atoms. The second-order valence-electron chi connectivity index (χ2n) is 3.82. The van der Waals surface area contributed by atoms with Crippen LogP contribution in [0.2, 0.25) is 0 Å². The molecule has 1 aliphatic rings. The number of nitrogens with zero attached hydrogens (tertiary/aromatic N) is 3. The summed E-state index contributed by atoms with van der Waals surface area (Å²) >= 11 is 0. The Labute approximate surface area is 84.0 Å². The van der Waals surface area contributed by atoms with Gasteiger partial charge in [-0.05, 0) is 25.1 Å². The van der Waals surface area contributed by atoms with E-state index in [0.717, 1.165) is 25.1 Å². The SMILES string of the molecule is Cc1c(C#N)cnc2c1CN(C)CC2. The van der Waals surface area contributed by atoms with E-state index in [1.165, 1.54) is 11.3 Å². The molecule has 2 heterocycles. The molecule has 0 saturated heterocycles. The molecule has 0 atom stereocenters. The average Bonchev–Trinajstić information content (AvgIpc) is 2.20. The van der Waals surface area contributed by atoms with Crippen LogP contribution in [0.1, 0.15) is 22.4 Å². The minimum atomic E-state index is 0.707. The second-order valence-corrected chi connectivity index (χ2v) is 3.82. The lowest BCUT2D eigenvalue weighted by Crippen LogP contribution is -2.28. The molecule has 0 fully saturated rings. The Morgan fingerprint density at radius 2 is 2.36 bits per heavy atom. The van der Waals surface area contributed by atoms with Crippen molar-refractivity contribution in [2.75, 3.05) is 13.6 Å². The molecule has 2 rings (SSSR count). The summed E-state index contributed by atoms with van der Waals surface area (Å²) in [5.41, 5.74) is 4.22. The molecular formula is C11H13N3. The molecule has 0 bridgehead atoms. The predicted molar refractivity (Wildman–Crippen MR) is 53.7 cm³/mol. The van der Waals surface area contributed by atoms with Crippen molar-refractivity contribution < 1.29 is 0 Å². The van der Waals surface area contributed by atoms with E-state index in [9.17, 15) is 0 Å². The van der Waals surface area contributed by atoms with Gasteiger partial charge in [-0.25, -0.2) is 0 Å². The monoisotopic (exact) mass is 187 g/mol. The first-order chi connectivity index (χ1) is 6.72. The molecule has 0 amide bonds. The van der Waals surface area contributed by atoms with Gasteiger partial charge in [0.05, 0.1) is 5.56 Å². The Balaban J connectivity index is 2.52. The molecule has 0 aliphatic carbocycles. The van der Waals surface area contributed by atoms with Gasteiger partial charge in [0.15, 0.2) is 0 Å². The van der Waals surface area contributed by atoms with Gasteiger partial charge in [0, 0.05) is 31.4 Å². The highest BCUT2D eigenvalue weighted by atomic mass is 15.1. The number of pyridine rings is 1. The first-order valence-electron chi connectivity index (χ1n) is 4.78. The van der Waals surface area contributed by atoms with Crippen LogP contribution in [0.5, 0.6) is 0 Å². The Hall–Kier alpha value is -1.40. The van der Waals surface area contributed by atoms with Gasteiger partial charge in [-0.15, -0.1) is 0 Å². The standard InChI is InChI=1S/C11H13N3/c1-8-9(5-12)6-13-11-3-4-14(2)7-10(8)11/h6H,3-4,7H2,1-2H3. The van der Waals surface area contributed by atoms with Gasteiger partial charge in [-0.3, -0.25) is 4.98 Å². The van der Waals surface area contributed by atoms with Gasteiger partial charge in [0.2, 0.25) is 0 Å². The van der Waals surface area contributed by atoms with Gasteiger partial charge in [0.25, 0.3) is 0 Å². The lowest BCUT2D eigenvalue weighted by atomic mass is 9.98. The summed E-state index contributed by atoms with van der Waals surface area (Å²) in [6, 6.07) is 2.18. The highest BCUT2D eigenvalue weighted by molar-refractivity contribution is 5.43. The third-order valence-electron chi connectivity index (χ3n) is 2.83. The van der Waals surface area contributed by atoms with Crippen LogP contribution in [-0.2, 0) is 13.0 Å². The number of fused-ring (bicyclic) bond motifs is 1. The van der Waals surface area contributed by atoms with Crippen molar-refractivity contribution in [1.29, 1.82) is 5.26 Å². The number of hydrogen-bond donors (Lipinski definition) is 0. The normalized spacial score (nSPS) is 16.1. The van der Waals surface area contributed by atoms with E-state index >= 15 is 0 Å². The van der Waals surface area contributed by atoms with Crippen molar-refractivity contribution in [1.82, 2.24) is 9.88 Å². The van der Waals surface area contributed by atoms with Crippen LogP contribution >= 0.6 is 0 Å². The zero-order chi connectivity index (χ0) is 10.1.